The van der Waals surface area contributed by atoms with Crippen LogP contribution in [0.4, 0.5) is 18.9 Å². The number of hydrogen-bond acceptors (Lipinski definition) is 4. The molecule has 3 rings (SSSR count). The maximum atomic E-state index is 13.0. The zero-order valence-electron chi connectivity index (χ0n) is 18.9. The van der Waals surface area contributed by atoms with Gasteiger partial charge in [0.25, 0.3) is 5.91 Å². The Morgan fingerprint density at radius 1 is 1.00 bits per heavy atom. The fourth-order valence-corrected chi connectivity index (χ4v) is 3.90. The summed E-state index contributed by atoms with van der Waals surface area (Å²) in [6.07, 6.45) is -4.59. The number of aromatic hydroxyl groups is 1. The Kier molecular flexibility index (Phi) is 8.05. The molecule has 36 heavy (non-hydrogen) atoms. The molecule has 3 aromatic carbocycles. The van der Waals surface area contributed by atoms with Crippen LogP contribution in [0.3, 0.4) is 0 Å². The third-order valence-electron chi connectivity index (χ3n) is 5.13. The number of carbonyl (C=O) groups is 2. The molecule has 0 aromatic heterocycles. The quantitative estimate of drug-likeness (QED) is 0.326. The van der Waals surface area contributed by atoms with E-state index in [9.17, 15) is 33.0 Å². The van der Waals surface area contributed by atoms with Gasteiger partial charge in [0.1, 0.15) is 18.0 Å². The van der Waals surface area contributed by atoms with Crippen molar-refractivity contribution in [1.82, 2.24) is 0 Å². The first-order valence-electron chi connectivity index (χ1n) is 10.5. The molecule has 2 N–H and O–H groups in total. The van der Waals surface area contributed by atoms with Gasteiger partial charge >= 0.3 is 12.1 Å². The molecule has 0 aliphatic rings. The molecule has 0 unspecified atom stereocenters. The minimum absolute atomic E-state index is 0.00164. The zero-order valence-corrected chi connectivity index (χ0v) is 20.4. The van der Waals surface area contributed by atoms with Gasteiger partial charge in [-0.25, -0.2) is 0 Å². The number of ether oxygens (including phenoxy) is 1. The molecular formula is C25H20Cl2F3NO5. The largest absolute Gasteiger partial charge is 0.508 e. The summed E-state index contributed by atoms with van der Waals surface area (Å²) in [6.45, 7) is 2.97. The number of hydrogen-bond donors (Lipinski definition) is 2. The minimum Gasteiger partial charge on any atom is -0.508 e. The molecule has 0 bridgehead atoms. The molecule has 3 aromatic rings. The predicted molar refractivity (Wildman–Crippen MR) is 129 cm³/mol. The van der Waals surface area contributed by atoms with E-state index >= 15 is 0 Å². The van der Waals surface area contributed by atoms with Crippen LogP contribution < -0.4 is 9.64 Å². The number of nitrogens with zero attached hydrogens (tertiary/aromatic N) is 1. The molecule has 6 nitrogen and oxygen atoms in total. The Morgan fingerprint density at radius 3 is 2.08 bits per heavy atom. The van der Waals surface area contributed by atoms with Gasteiger partial charge in [0.2, 0.25) is 0 Å². The van der Waals surface area contributed by atoms with E-state index in [1.54, 1.807) is 6.07 Å². The second-order valence-electron chi connectivity index (χ2n) is 8.08. The second kappa shape index (κ2) is 10.7. The summed E-state index contributed by atoms with van der Waals surface area (Å²) < 4.78 is 44.4. The second-order valence-corrected chi connectivity index (χ2v) is 8.89. The van der Waals surface area contributed by atoms with Crippen LogP contribution in [0.5, 0.6) is 17.2 Å². The lowest BCUT2D eigenvalue weighted by atomic mass is 10.0. The number of phenols is 1. The van der Waals surface area contributed by atoms with E-state index in [1.165, 1.54) is 24.3 Å². The predicted octanol–water partition coefficient (Wildman–Crippen LogP) is 7.36. The van der Waals surface area contributed by atoms with Crippen LogP contribution in [0.1, 0.15) is 41.3 Å². The molecule has 0 atom stereocenters. The number of amides is 1. The van der Waals surface area contributed by atoms with E-state index in [2.05, 4.69) is 0 Å². The van der Waals surface area contributed by atoms with E-state index in [0.29, 0.717) is 11.3 Å². The van der Waals surface area contributed by atoms with E-state index in [1.807, 2.05) is 13.8 Å². The highest BCUT2D eigenvalue weighted by Gasteiger charge is 2.31. The molecule has 0 fully saturated rings. The van der Waals surface area contributed by atoms with Crippen molar-refractivity contribution < 1.29 is 37.7 Å². The zero-order chi connectivity index (χ0) is 26.8. The average Bonchev–Trinajstić information content (AvgIpc) is 2.79. The van der Waals surface area contributed by atoms with Gasteiger partial charge < -0.3 is 14.9 Å². The van der Waals surface area contributed by atoms with E-state index in [-0.39, 0.29) is 38.7 Å². The maximum absolute atomic E-state index is 13.0. The lowest BCUT2D eigenvalue weighted by Crippen LogP contribution is -2.35. The third kappa shape index (κ3) is 6.22. The van der Waals surface area contributed by atoms with Crippen LogP contribution in [0.25, 0.3) is 0 Å². The molecular weight excluding hydrogens is 522 g/mol. The molecule has 0 spiro atoms. The number of anilines is 1. The van der Waals surface area contributed by atoms with E-state index in [0.717, 1.165) is 29.2 Å². The number of benzene rings is 3. The Labute approximate surface area is 214 Å². The number of phenolic OH excluding ortho intramolecular Hbond substituents is 1. The van der Waals surface area contributed by atoms with Gasteiger partial charge in [-0.1, -0.05) is 37.0 Å². The highest BCUT2D eigenvalue weighted by molar-refractivity contribution is 6.37. The number of aliphatic carboxylic acids is 1. The molecule has 0 heterocycles. The van der Waals surface area contributed by atoms with Gasteiger partial charge in [-0.3, -0.25) is 14.5 Å². The van der Waals surface area contributed by atoms with Crippen LogP contribution >= 0.6 is 23.2 Å². The number of carbonyl (C=O) groups excluding carboxylic acids is 1. The lowest BCUT2D eigenvalue weighted by molar-refractivity contribution is -0.137. The number of rotatable bonds is 7. The van der Waals surface area contributed by atoms with E-state index < -0.39 is 30.2 Å². The summed E-state index contributed by atoms with van der Waals surface area (Å²) in [5, 5.41) is 19.2. The first kappa shape index (κ1) is 27.2. The molecule has 1 amide bonds. The molecule has 0 saturated heterocycles. The normalized spacial score (nSPS) is 11.4. The third-order valence-corrected chi connectivity index (χ3v) is 5.69. The summed E-state index contributed by atoms with van der Waals surface area (Å²) >= 11 is 12.7. The monoisotopic (exact) mass is 541 g/mol. The number of halogens is 5. The lowest BCUT2D eigenvalue weighted by Gasteiger charge is -2.23. The van der Waals surface area contributed by atoms with Crippen molar-refractivity contribution in [2.24, 2.45) is 0 Å². The topological polar surface area (TPSA) is 87.1 Å². The van der Waals surface area contributed by atoms with Crippen LogP contribution in [-0.2, 0) is 11.0 Å². The number of carboxylic acid groups (broad SMARTS) is 1. The van der Waals surface area contributed by atoms with Crippen LogP contribution in [0.15, 0.2) is 54.6 Å². The molecule has 0 aliphatic heterocycles. The number of carboxylic acids is 1. The average molecular weight is 542 g/mol. The SMILES string of the molecule is CC(C)c1cc(Oc2c(Cl)cc(N(CC(=O)O)C(=O)c3ccc(C(F)(F)F)cc3)cc2Cl)ccc1O. The molecule has 0 aliphatic carbocycles. The fourth-order valence-electron chi connectivity index (χ4n) is 3.35. The summed E-state index contributed by atoms with van der Waals surface area (Å²) in [7, 11) is 0. The van der Waals surface area contributed by atoms with Crippen molar-refractivity contribution in [2.45, 2.75) is 25.9 Å². The molecule has 190 valence electrons. The Morgan fingerprint density at radius 2 is 1.58 bits per heavy atom. The van der Waals surface area contributed by atoms with Gasteiger partial charge in [-0.2, -0.15) is 13.2 Å². The van der Waals surface area contributed by atoms with Gasteiger partial charge in [0, 0.05) is 16.8 Å². The molecule has 0 radical (unpaired) electrons. The first-order chi connectivity index (χ1) is 16.8. The number of alkyl halides is 3. The summed E-state index contributed by atoms with van der Waals surface area (Å²) in [6, 6.07) is 10.5. The van der Waals surface area contributed by atoms with Crippen LogP contribution in [0, 0.1) is 0 Å². The van der Waals surface area contributed by atoms with Crippen molar-refractivity contribution in [3.63, 3.8) is 0 Å². The Balaban J connectivity index is 1.95. The van der Waals surface area contributed by atoms with Gasteiger partial charge in [0.05, 0.1) is 15.6 Å². The summed E-state index contributed by atoms with van der Waals surface area (Å²) in [5.74, 6) is -1.78. The Bertz CT molecular complexity index is 1270. The van der Waals surface area contributed by atoms with E-state index in [4.69, 9.17) is 27.9 Å². The Hall–Kier alpha value is -3.43. The van der Waals surface area contributed by atoms with Crippen molar-refractivity contribution in [3.05, 3.63) is 81.3 Å². The highest BCUT2D eigenvalue weighted by atomic mass is 35.5. The smallest absolute Gasteiger partial charge is 0.416 e. The van der Waals surface area contributed by atoms with Crippen molar-refractivity contribution >= 4 is 40.8 Å². The van der Waals surface area contributed by atoms with Gasteiger partial charge in [-0.05, 0) is 60.5 Å². The van der Waals surface area contributed by atoms with Gasteiger partial charge in [0.15, 0.2) is 5.75 Å². The minimum atomic E-state index is -4.59. The van der Waals surface area contributed by atoms with Crippen molar-refractivity contribution in [3.8, 4) is 17.2 Å². The first-order valence-corrected chi connectivity index (χ1v) is 11.2. The summed E-state index contributed by atoms with van der Waals surface area (Å²) in [4.78, 5) is 25.3. The highest BCUT2D eigenvalue weighted by Crippen LogP contribution is 2.41. The van der Waals surface area contributed by atoms with Crippen LogP contribution in [0.2, 0.25) is 10.0 Å². The summed E-state index contributed by atoms with van der Waals surface area (Å²) in [5.41, 5.74) is -0.488. The maximum Gasteiger partial charge on any atom is 0.416 e. The van der Waals surface area contributed by atoms with Gasteiger partial charge in [-0.15, -0.1) is 0 Å². The van der Waals surface area contributed by atoms with Crippen molar-refractivity contribution in [1.29, 1.82) is 0 Å². The standard InChI is InChI=1S/C25H20Cl2F3NO5/c1-13(2)18-11-17(7-8-21(18)32)36-23-19(26)9-16(10-20(23)27)31(12-22(33)34)24(35)14-3-5-15(6-4-14)25(28,29)30/h3-11,13,32H,12H2,1-2H3,(H,33,34). The van der Waals surface area contributed by atoms with Crippen molar-refractivity contribution in [2.75, 3.05) is 11.4 Å². The fraction of sp³-hybridized carbons (Fsp3) is 0.200. The molecule has 0 saturated carbocycles. The molecule has 11 heteroatoms. The van der Waals surface area contributed by atoms with Crippen LogP contribution in [-0.4, -0.2) is 28.6 Å².